The molecule has 0 amide bonds. The number of halogens is 3. The quantitative estimate of drug-likeness (QED) is 0.645. The molecule has 0 aromatic heterocycles. The summed E-state index contributed by atoms with van der Waals surface area (Å²) in [5, 5.41) is 3.92. The predicted octanol–water partition coefficient (Wildman–Crippen LogP) is 5.55. The average molecular weight is 434 g/mol. The fourth-order valence-corrected chi connectivity index (χ4v) is 2.88. The summed E-state index contributed by atoms with van der Waals surface area (Å²) < 4.78 is 7.79. The molecular weight excluding hydrogens is 417 g/mol. The van der Waals surface area contributed by atoms with E-state index >= 15 is 0 Å². The second-order valence-corrected chi connectivity index (χ2v) is 6.75. The first-order chi connectivity index (χ1) is 10.1. The molecule has 0 atom stereocenters. The molecule has 0 unspecified atom stereocenters. The third kappa shape index (κ3) is 4.99. The van der Waals surface area contributed by atoms with Crippen molar-refractivity contribution in [1.29, 1.82) is 0 Å². The van der Waals surface area contributed by atoms with Gasteiger partial charge in [0.05, 0.1) is 5.02 Å². The Hall–Kier alpha value is -0.550. The van der Waals surface area contributed by atoms with Crippen LogP contribution < -0.4 is 10.1 Å². The minimum absolute atomic E-state index is 0.470. The Balaban J connectivity index is 2.04. The zero-order valence-electron chi connectivity index (χ0n) is 11.6. The number of nitrogens with one attached hydrogen (secondary N) is 1. The summed E-state index contributed by atoms with van der Waals surface area (Å²) in [6, 6.07) is 11.9. The van der Waals surface area contributed by atoms with Crippen LogP contribution in [0.25, 0.3) is 0 Å². The lowest BCUT2D eigenvalue weighted by molar-refractivity contribution is 0.305. The van der Waals surface area contributed by atoms with Crippen molar-refractivity contribution >= 4 is 43.5 Å². The Labute approximate surface area is 147 Å². The van der Waals surface area contributed by atoms with Gasteiger partial charge in [0, 0.05) is 21.1 Å². The van der Waals surface area contributed by atoms with E-state index in [2.05, 4.69) is 62.3 Å². The monoisotopic (exact) mass is 431 g/mol. The molecule has 0 aliphatic carbocycles. The molecule has 0 saturated carbocycles. The van der Waals surface area contributed by atoms with Gasteiger partial charge in [-0.15, -0.1) is 0 Å². The first-order valence-electron chi connectivity index (χ1n) is 6.66. The molecule has 0 saturated heterocycles. The van der Waals surface area contributed by atoms with Crippen LogP contribution in [-0.2, 0) is 13.2 Å². The fraction of sp³-hybridized carbons (Fsp3) is 0.250. The summed E-state index contributed by atoms with van der Waals surface area (Å²) in [6.07, 6.45) is 0. The molecule has 2 nitrogen and oxygen atoms in total. The lowest BCUT2D eigenvalue weighted by atomic mass is 10.1. The molecule has 112 valence electrons. The van der Waals surface area contributed by atoms with E-state index in [-0.39, 0.29) is 0 Å². The summed E-state index contributed by atoms with van der Waals surface area (Å²) in [6.45, 7) is 4.40. The van der Waals surface area contributed by atoms with Crippen LogP contribution in [0.15, 0.2) is 45.3 Å². The van der Waals surface area contributed by atoms with Gasteiger partial charge in [0.1, 0.15) is 12.4 Å². The van der Waals surface area contributed by atoms with Gasteiger partial charge in [-0.3, -0.25) is 0 Å². The minimum Gasteiger partial charge on any atom is -0.487 e. The van der Waals surface area contributed by atoms with Gasteiger partial charge in [-0.2, -0.15) is 0 Å². The molecule has 0 fully saturated rings. The summed E-state index contributed by atoms with van der Waals surface area (Å²) in [5.74, 6) is 0.676. The highest BCUT2D eigenvalue weighted by atomic mass is 79.9. The van der Waals surface area contributed by atoms with Gasteiger partial charge in [0.25, 0.3) is 0 Å². The maximum Gasteiger partial charge on any atom is 0.139 e. The van der Waals surface area contributed by atoms with Crippen molar-refractivity contribution in [3.05, 3.63) is 61.5 Å². The van der Waals surface area contributed by atoms with Crippen LogP contribution in [0.1, 0.15) is 18.1 Å². The maximum atomic E-state index is 6.12. The number of ether oxygens (including phenoxy) is 1. The van der Waals surface area contributed by atoms with Crippen molar-refractivity contribution in [3.8, 4) is 5.75 Å². The molecule has 2 aromatic rings. The zero-order valence-corrected chi connectivity index (χ0v) is 15.6. The summed E-state index contributed by atoms with van der Waals surface area (Å²) in [5.41, 5.74) is 2.33. The Kier molecular flexibility index (Phi) is 6.55. The molecule has 0 heterocycles. The fourth-order valence-electron chi connectivity index (χ4n) is 1.83. The van der Waals surface area contributed by atoms with Crippen LogP contribution in [0.5, 0.6) is 5.75 Å². The average Bonchev–Trinajstić information content (AvgIpc) is 2.47. The molecule has 2 aromatic carbocycles. The molecule has 0 aliphatic rings. The highest BCUT2D eigenvalue weighted by Crippen LogP contribution is 2.29. The van der Waals surface area contributed by atoms with Crippen LogP contribution in [0.3, 0.4) is 0 Å². The molecule has 21 heavy (non-hydrogen) atoms. The highest BCUT2D eigenvalue weighted by Gasteiger charge is 2.06. The number of hydrogen-bond donors (Lipinski definition) is 1. The van der Waals surface area contributed by atoms with Crippen LogP contribution in [0, 0.1) is 0 Å². The van der Waals surface area contributed by atoms with Gasteiger partial charge in [-0.1, -0.05) is 62.5 Å². The molecule has 1 N–H and O–H groups in total. The maximum absolute atomic E-state index is 6.12. The van der Waals surface area contributed by atoms with Gasteiger partial charge in [-0.05, 0) is 36.4 Å². The molecule has 0 radical (unpaired) electrons. The van der Waals surface area contributed by atoms with Crippen LogP contribution >= 0.6 is 43.5 Å². The van der Waals surface area contributed by atoms with Crippen molar-refractivity contribution in [3.63, 3.8) is 0 Å². The Bertz CT molecular complexity index is 619. The van der Waals surface area contributed by atoms with E-state index in [1.54, 1.807) is 0 Å². The lowest BCUT2D eigenvalue weighted by Crippen LogP contribution is -2.11. The first-order valence-corrected chi connectivity index (χ1v) is 8.62. The second-order valence-electron chi connectivity index (χ2n) is 4.57. The van der Waals surface area contributed by atoms with Gasteiger partial charge >= 0.3 is 0 Å². The molecule has 0 spiro atoms. The third-order valence-corrected chi connectivity index (χ3v) is 4.52. The van der Waals surface area contributed by atoms with E-state index in [1.807, 2.05) is 18.2 Å². The van der Waals surface area contributed by atoms with E-state index in [0.29, 0.717) is 17.4 Å². The Morgan fingerprint density at radius 1 is 1.14 bits per heavy atom. The summed E-state index contributed by atoms with van der Waals surface area (Å²) >= 11 is 13.1. The van der Waals surface area contributed by atoms with Gasteiger partial charge < -0.3 is 10.1 Å². The topological polar surface area (TPSA) is 21.3 Å². The lowest BCUT2D eigenvalue weighted by Gasteiger charge is -2.11. The normalized spacial score (nSPS) is 10.7. The molecular formula is C16H16Br2ClNO. The summed E-state index contributed by atoms with van der Waals surface area (Å²) in [7, 11) is 0. The minimum atomic E-state index is 0.470. The molecule has 0 aliphatic heterocycles. The second kappa shape index (κ2) is 8.18. The third-order valence-electron chi connectivity index (χ3n) is 2.97. The zero-order chi connectivity index (χ0) is 15.2. The van der Waals surface area contributed by atoms with Crippen molar-refractivity contribution < 1.29 is 4.74 Å². The van der Waals surface area contributed by atoms with Crippen LogP contribution in [0.4, 0.5) is 0 Å². The van der Waals surface area contributed by atoms with Crippen molar-refractivity contribution in [2.24, 2.45) is 0 Å². The first kappa shape index (κ1) is 16.8. The molecule has 2 rings (SSSR count). The van der Waals surface area contributed by atoms with Gasteiger partial charge in [0.15, 0.2) is 0 Å². The largest absolute Gasteiger partial charge is 0.487 e. The number of benzene rings is 2. The number of hydrogen-bond acceptors (Lipinski definition) is 2. The molecule has 0 bridgehead atoms. The molecule has 5 heteroatoms. The smallest absolute Gasteiger partial charge is 0.139 e. The van der Waals surface area contributed by atoms with Crippen molar-refractivity contribution in [2.45, 2.75) is 20.1 Å². The predicted molar refractivity (Wildman–Crippen MR) is 95.0 cm³/mol. The van der Waals surface area contributed by atoms with E-state index in [1.165, 1.54) is 5.56 Å². The van der Waals surface area contributed by atoms with E-state index in [9.17, 15) is 0 Å². The number of rotatable bonds is 6. The van der Waals surface area contributed by atoms with E-state index < -0.39 is 0 Å². The SMILES string of the molecule is CCNCc1ccc(COc2cc(Br)ccc2Cl)c(Br)c1. The standard InChI is InChI=1S/C16H16Br2ClNO/c1-2-20-9-11-3-4-12(14(18)7-11)10-21-16-8-13(17)5-6-15(16)19/h3-8,20H,2,9-10H2,1H3. The van der Waals surface area contributed by atoms with Crippen LogP contribution in [0.2, 0.25) is 5.02 Å². The van der Waals surface area contributed by atoms with Crippen molar-refractivity contribution in [2.75, 3.05) is 6.54 Å². The summed E-state index contributed by atoms with van der Waals surface area (Å²) in [4.78, 5) is 0. The van der Waals surface area contributed by atoms with Crippen molar-refractivity contribution in [1.82, 2.24) is 5.32 Å². The van der Waals surface area contributed by atoms with Gasteiger partial charge in [-0.25, -0.2) is 0 Å². The van der Waals surface area contributed by atoms with Crippen LogP contribution in [-0.4, -0.2) is 6.54 Å². The van der Waals surface area contributed by atoms with E-state index in [0.717, 1.165) is 27.6 Å². The van der Waals surface area contributed by atoms with E-state index in [4.69, 9.17) is 16.3 Å². The highest BCUT2D eigenvalue weighted by molar-refractivity contribution is 9.10. The Morgan fingerprint density at radius 3 is 2.67 bits per heavy atom. The van der Waals surface area contributed by atoms with Gasteiger partial charge in [0.2, 0.25) is 0 Å². The Morgan fingerprint density at radius 2 is 1.95 bits per heavy atom.